The highest BCUT2D eigenvalue weighted by Gasteiger charge is 2.50. The molecule has 6 nitrogen and oxygen atoms in total. The molecule has 4 rings (SSSR count). The monoisotopic (exact) mass is 362 g/mol. The fourth-order valence-corrected chi connectivity index (χ4v) is 4.73. The van der Waals surface area contributed by atoms with Crippen molar-refractivity contribution >= 4 is 28.5 Å². The van der Waals surface area contributed by atoms with E-state index in [1.807, 2.05) is 34.8 Å². The van der Waals surface area contributed by atoms with Gasteiger partial charge in [0.2, 0.25) is 0 Å². The Morgan fingerprint density at radius 3 is 2.84 bits per heavy atom. The number of aliphatic hydroxyl groups is 1. The maximum atomic E-state index is 12.0. The van der Waals surface area contributed by atoms with E-state index in [1.165, 1.54) is 0 Å². The molecule has 1 unspecified atom stereocenters. The van der Waals surface area contributed by atoms with Crippen LogP contribution in [0, 0.1) is 5.92 Å². The van der Waals surface area contributed by atoms with Gasteiger partial charge in [-0.15, -0.1) is 0 Å². The third kappa shape index (κ3) is 2.34. The van der Waals surface area contributed by atoms with Gasteiger partial charge in [-0.3, -0.25) is 4.68 Å². The molecule has 2 atom stereocenters. The summed E-state index contributed by atoms with van der Waals surface area (Å²) in [5.41, 5.74) is 1.32. The Labute approximate surface area is 151 Å². The number of carbonyl (C=O) groups is 1. The van der Waals surface area contributed by atoms with Crippen molar-refractivity contribution in [1.82, 2.24) is 20.0 Å². The maximum Gasteiger partial charge on any atom is 0.317 e. The molecule has 2 aliphatic rings. The predicted octanol–water partition coefficient (Wildman–Crippen LogP) is 2.89. The largest absolute Gasteiger partial charge is 0.386 e. The van der Waals surface area contributed by atoms with E-state index in [-0.39, 0.29) is 11.9 Å². The van der Waals surface area contributed by atoms with E-state index < -0.39 is 11.6 Å². The Morgan fingerprint density at radius 1 is 1.44 bits per heavy atom. The van der Waals surface area contributed by atoms with Gasteiger partial charge in [0.25, 0.3) is 0 Å². The lowest BCUT2D eigenvalue weighted by molar-refractivity contribution is -0.0116. The number of hydrogen-bond acceptors (Lipinski definition) is 3. The van der Waals surface area contributed by atoms with Crippen molar-refractivity contribution in [2.75, 3.05) is 19.6 Å². The lowest BCUT2D eigenvalue weighted by Crippen LogP contribution is -2.50. The van der Waals surface area contributed by atoms with Gasteiger partial charge in [0.15, 0.2) is 0 Å². The van der Waals surface area contributed by atoms with E-state index in [9.17, 15) is 9.90 Å². The SMILES string of the molecule is CCNC(=O)N1CCC(C2(C)[C@H](O)c3cc(Cl)cc4cnn2c34)CC1. The summed E-state index contributed by atoms with van der Waals surface area (Å²) in [4.78, 5) is 13.9. The van der Waals surface area contributed by atoms with E-state index in [4.69, 9.17) is 11.6 Å². The predicted molar refractivity (Wildman–Crippen MR) is 96.7 cm³/mol. The van der Waals surface area contributed by atoms with E-state index in [2.05, 4.69) is 17.3 Å². The van der Waals surface area contributed by atoms with Crippen molar-refractivity contribution < 1.29 is 9.90 Å². The molecule has 2 aliphatic heterocycles. The van der Waals surface area contributed by atoms with Crippen LogP contribution in [0.15, 0.2) is 18.3 Å². The highest BCUT2D eigenvalue weighted by Crippen LogP contribution is 2.51. The standard InChI is InChI=1S/C18H23ClN4O2/c1-3-20-17(25)22-6-4-12(5-7-22)18(2)16(24)14-9-13(19)8-11-10-21-23(18)15(11)14/h8-10,12,16,24H,3-7H2,1-2H3,(H,20,25)/t16-,18?/m1/s1. The molecule has 0 aliphatic carbocycles. The summed E-state index contributed by atoms with van der Waals surface area (Å²) in [6.07, 6.45) is 2.86. The van der Waals surface area contributed by atoms with Gasteiger partial charge < -0.3 is 15.3 Å². The van der Waals surface area contributed by atoms with Gasteiger partial charge >= 0.3 is 6.03 Å². The quantitative estimate of drug-likeness (QED) is 0.863. The van der Waals surface area contributed by atoms with Gasteiger partial charge in [0, 0.05) is 35.6 Å². The van der Waals surface area contributed by atoms with Crippen LogP contribution in [0.4, 0.5) is 4.79 Å². The molecule has 2 amide bonds. The second kappa shape index (κ2) is 5.88. The topological polar surface area (TPSA) is 70.4 Å². The van der Waals surface area contributed by atoms with Crippen LogP contribution in [-0.4, -0.2) is 45.5 Å². The van der Waals surface area contributed by atoms with Gasteiger partial charge in [-0.1, -0.05) is 11.6 Å². The summed E-state index contributed by atoms with van der Waals surface area (Å²) in [5.74, 6) is 0.238. The number of hydrogen-bond donors (Lipinski definition) is 2. The number of carbonyl (C=O) groups excluding carboxylic acids is 1. The highest BCUT2D eigenvalue weighted by molar-refractivity contribution is 6.31. The van der Waals surface area contributed by atoms with Crippen LogP contribution in [0.25, 0.3) is 10.9 Å². The average molecular weight is 363 g/mol. The fraction of sp³-hybridized carbons (Fsp3) is 0.556. The van der Waals surface area contributed by atoms with Gasteiger partial charge in [0.1, 0.15) is 6.10 Å². The first kappa shape index (κ1) is 16.7. The zero-order valence-corrected chi connectivity index (χ0v) is 15.3. The zero-order chi connectivity index (χ0) is 17.8. The van der Waals surface area contributed by atoms with Crippen LogP contribution in [0.3, 0.4) is 0 Å². The molecule has 25 heavy (non-hydrogen) atoms. The fourth-order valence-electron chi connectivity index (χ4n) is 4.49. The van der Waals surface area contributed by atoms with E-state index in [0.717, 1.165) is 29.3 Å². The number of aliphatic hydroxyl groups excluding tert-OH is 1. The minimum atomic E-state index is -0.640. The molecule has 1 fully saturated rings. The van der Waals surface area contributed by atoms with E-state index >= 15 is 0 Å². The van der Waals surface area contributed by atoms with Gasteiger partial charge in [0.05, 0.1) is 17.3 Å². The van der Waals surface area contributed by atoms with Crippen molar-refractivity contribution in [3.05, 3.63) is 28.9 Å². The molecule has 0 spiro atoms. The Bertz CT molecular complexity index is 828. The third-order valence-corrected chi connectivity index (χ3v) is 6.12. The number of aromatic nitrogens is 2. The molecular formula is C18H23ClN4O2. The van der Waals surface area contributed by atoms with Crippen LogP contribution < -0.4 is 5.32 Å². The second-order valence-corrected chi connectivity index (χ2v) is 7.65. The summed E-state index contributed by atoms with van der Waals surface area (Å²) in [7, 11) is 0. The molecule has 134 valence electrons. The smallest absolute Gasteiger partial charge is 0.317 e. The first-order valence-corrected chi connectivity index (χ1v) is 9.23. The highest BCUT2D eigenvalue weighted by atomic mass is 35.5. The van der Waals surface area contributed by atoms with Gasteiger partial charge in [-0.25, -0.2) is 4.79 Å². The van der Waals surface area contributed by atoms with Crippen LogP contribution in [-0.2, 0) is 5.54 Å². The normalized spacial score (nSPS) is 26.4. The Balaban J connectivity index is 1.62. The number of likely N-dealkylation sites (tertiary alicyclic amines) is 1. The molecule has 0 saturated carbocycles. The van der Waals surface area contributed by atoms with Crippen LogP contribution in [0.2, 0.25) is 5.02 Å². The molecular weight excluding hydrogens is 340 g/mol. The number of piperidine rings is 1. The third-order valence-electron chi connectivity index (χ3n) is 5.90. The zero-order valence-electron chi connectivity index (χ0n) is 14.5. The van der Waals surface area contributed by atoms with Crippen molar-refractivity contribution in [3.8, 4) is 0 Å². The van der Waals surface area contributed by atoms with Crippen molar-refractivity contribution in [2.45, 2.75) is 38.3 Å². The Hall–Kier alpha value is -1.79. The molecule has 1 aromatic carbocycles. The van der Waals surface area contributed by atoms with Crippen LogP contribution >= 0.6 is 11.6 Å². The van der Waals surface area contributed by atoms with Gasteiger partial charge in [-0.2, -0.15) is 5.10 Å². The average Bonchev–Trinajstić information content (AvgIpc) is 3.12. The van der Waals surface area contributed by atoms with Crippen molar-refractivity contribution in [2.24, 2.45) is 5.92 Å². The lowest BCUT2D eigenvalue weighted by Gasteiger charge is -2.42. The molecule has 1 aromatic heterocycles. The molecule has 0 bridgehead atoms. The van der Waals surface area contributed by atoms with Crippen molar-refractivity contribution in [1.29, 1.82) is 0 Å². The summed E-state index contributed by atoms with van der Waals surface area (Å²) in [5, 5.41) is 20.1. The number of nitrogens with one attached hydrogen (secondary N) is 1. The Kier molecular flexibility index (Phi) is 3.92. The number of benzene rings is 1. The molecule has 1 saturated heterocycles. The molecule has 7 heteroatoms. The number of nitrogens with zero attached hydrogens (tertiary/aromatic N) is 3. The molecule has 2 N–H and O–H groups in total. The number of rotatable bonds is 2. The summed E-state index contributed by atoms with van der Waals surface area (Å²) >= 11 is 6.21. The molecule has 0 radical (unpaired) electrons. The minimum Gasteiger partial charge on any atom is -0.386 e. The first-order valence-electron chi connectivity index (χ1n) is 8.85. The van der Waals surface area contributed by atoms with Crippen molar-refractivity contribution in [3.63, 3.8) is 0 Å². The minimum absolute atomic E-state index is 0.00498. The summed E-state index contributed by atoms with van der Waals surface area (Å²) in [6, 6.07) is 3.73. The lowest BCUT2D eigenvalue weighted by atomic mass is 9.75. The van der Waals surface area contributed by atoms with E-state index in [1.54, 1.807) is 0 Å². The summed E-state index contributed by atoms with van der Waals surface area (Å²) < 4.78 is 1.98. The maximum absolute atomic E-state index is 12.0. The second-order valence-electron chi connectivity index (χ2n) is 7.21. The summed E-state index contributed by atoms with van der Waals surface area (Å²) in [6.45, 7) is 6.02. The van der Waals surface area contributed by atoms with E-state index in [0.29, 0.717) is 24.7 Å². The number of amides is 2. The molecule has 2 aromatic rings. The van der Waals surface area contributed by atoms with Gasteiger partial charge in [-0.05, 0) is 44.7 Å². The first-order chi connectivity index (χ1) is 12.0. The van der Waals surface area contributed by atoms with Crippen LogP contribution in [0.1, 0.15) is 38.4 Å². The Morgan fingerprint density at radius 2 is 2.16 bits per heavy atom. The van der Waals surface area contributed by atoms with Crippen LogP contribution in [0.5, 0.6) is 0 Å². The molecule has 3 heterocycles. The number of urea groups is 1. The number of halogens is 1.